The third-order valence-corrected chi connectivity index (χ3v) is 19.3. The lowest BCUT2D eigenvalue weighted by atomic mass is 9.97. The van der Waals surface area contributed by atoms with Crippen molar-refractivity contribution >= 4 is 43.6 Å². The topological polar surface area (TPSA) is 87.2 Å². The Labute approximate surface area is 602 Å². The monoisotopic (exact) mass is 1330 g/mol. The summed E-state index contributed by atoms with van der Waals surface area (Å²) < 4.78 is 4.71. The second kappa shape index (κ2) is 27.6. The fraction of sp³-hybridized carbons (Fsp3) is 0. The Bertz CT molecular complexity index is 6180. The van der Waals surface area contributed by atoms with Crippen LogP contribution in [0.3, 0.4) is 0 Å². The molecule has 0 aliphatic heterocycles. The van der Waals surface area contributed by atoms with E-state index < -0.39 is 0 Å². The van der Waals surface area contributed by atoms with Crippen LogP contribution in [0.25, 0.3) is 179 Å². The molecule has 104 heavy (non-hydrogen) atoms. The van der Waals surface area contributed by atoms with Gasteiger partial charge in [-0.15, -0.1) is 0 Å². The van der Waals surface area contributed by atoms with Crippen LogP contribution in [0.15, 0.2) is 388 Å². The third-order valence-electron chi connectivity index (χ3n) is 19.3. The Morgan fingerprint density at radius 2 is 0.375 bits per heavy atom. The summed E-state index contributed by atoms with van der Waals surface area (Å²) in [6.07, 6.45) is 0. The third kappa shape index (κ3) is 12.1. The van der Waals surface area contributed by atoms with Crippen LogP contribution in [0.1, 0.15) is 0 Å². The minimum absolute atomic E-state index is 0.625. The van der Waals surface area contributed by atoms with Crippen LogP contribution in [0.2, 0.25) is 0 Å². The molecule has 8 nitrogen and oxygen atoms in total. The molecule has 0 fully saturated rings. The van der Waals surface area contributed by atoms with Gasteiger partial charge in [0.25, 0.3) is 0 Å². The van der Waals surface area contributed by atoms with E-state index in [-0.39, 0.29) is 0 Å². The normalized spacial score (nSPS) is 11.3. The molecule has 0 aliphatic carbocycles. The van der Waals surface area contributed by atoms with Gasteiger partial charge in [-0.1, -0.05) is 328 Å². The molecule has 0 bridgehead atoms. The first kappa shape index (κ1) is 62.2. The van der Waals surface area contributed by atoms with Gasteiger partial charge in [-0.05, 0) is 116 Å². The van der Waals surface area contributed by atoms with E-state index in [0.29, 0.717) is 34.9 Å². The zero-order valence-corrected chi connectivity index (χ0v) is 56.5. The number of aromatic nitrogens is 8. The SMILES string of the molecule is c1ccc(-c2ccc(-c3nc(-c4ccc(-c5ccccc5)cc4)nc(-c4cccc(-c5cccc6c5c5ccccc5n6-c5ccccc5)c4)n3)cc2)cc1.c1ccc(-c2ccc(-c3nc(-c4ccccc4)nc(-c4cccc(-c5cccc6c5c5ccccc5n6-c5ccccc5)c4)n3)cc2)cc1. The number of para-hydroxylation sites is 4. The molecular formula is C96H64N8. The maximum absolute atomic E-state index is 5.13. The van der Waals surface area contributed by atoms with Gasteiger partial charge in [0.15, 0.2) is 34.9 Å². The smallest absolute Gasteiger partial charge is 0.164 e. The van der Waals surface area contributed by atoms with E-state index in [9.17, 15) is 0 Å². The number of benzene rings is 15. The van der Waals surface area contributed by atoms with E-state index in [4.69, 9.17) is 29.9 Å². The van der Waals surface area contributed by atoms with Gasteiger partial charge in [0.05, 0.1) is 22.1 Å². The Morgan fingerprint density at radius 1 is 0.154 bits per heavy atom. The summed E-state index contributed by atoms with van der Waals surface area (Å²) >= 11 is 0. The minimum atomic E-state index is 0.625. The highest BCUT2D eigenvalue weighted by Crippen LogP contribution is 2.42. The molecule has 488 valence electrons. The van der Waals surface area contributed by atoms with Crippen molar-refractivity contribution in [3.05, 3.63) is 388 Å². The highest BCUT2D eigenvalue weighted by atomic mass is 15.0. The van der Waals surface area contributed by atoms with Crippen molar-refractivity contribution in [2.24, 2.45) is 0 Å². The summed E-state index contributed by atoms with van der Waals surface area (Å²) in [5.41, 5.74) is 24.1. The molecule has 0 amide bonds. The van der Waals surface area contributed by atoms with Crippen LogP contribution in [0.5, 0.6) is 0 Å². The predicted octanol–water partition coefficient (Wildman–Crippen LogP) is 24.3. The second-order valence-electron chi connectivity index (χ2n) is 25.7. The van der Waals surface area contributed by atoms with Crippen LogP contribution in [-0.4, -0.2) is 39.0 Å². The van der Waals surface area contributed by atoms with Gasteiger partial charge in [0, 0.05) is 66.3 Å². The first-order valence-electron chi connectivity index (χ1n) is 35.0. The van der Waals surface area contributed by atoms with E-state index in [1.807, 2.05) is 48.5 Å². The van der Waals surface area contributed by atoms with Crippen LogP contribution in [0.4, 0.5) is 0 Å². The van der Waals surface area contributed by atoms with Crippen molar-refractivity contribution in [2.75, 3.05) is 0 Å². The lowest BCUT2D eigenvalue weighted by Gasteiger charge is -2.11. The maximum atomic E-state index is 5.13. The summed E-state index contributed by atoms with van der Waals surface area (Å²) in [6.45, 7) is 0. The van der Waals surface area contributed by atoms with Gasteiger partial charge in [-0.3, -0.25) is 0 Å². The van der Waals surface area contributed by atoms with Gasteiger partial charge in [-0.25, -0.2) is 29.9 Å². The zero-order valence-electron chi connectivity index (χ0n) is 56.5. The van der Waals surface area contributed by atoms with Gasteiger partial charge in [0.1, 0.15) is 0 Å². The highest BCUT2D eigenvalue weighted by molar-refractivity contribution is 6.17. The minimum Gasteiger partial charge on any atom is -0.309 e. The van der Waals surface area contributed by atoms with Crippen molar-refractivity contribution in [2.45, 2.75) is 0 Å². The van der Waals surface area contributed by atoms with E-state index in [1.54, 1.807) is 0 Å². The van der Waals surface area contributed by atoms with Crippen molar-refractivity contribution in [1.82, 2.24) is 39.0 Å². The molecule has 15 aromatic carbocycles. The first-order chi connectivity index (χ1) is 51.6. The Morgan fingerprint density at radius 3 is 0.712 bits per heavy atom. The van der Waals surface area contributed by atoms with E-state index >= 15 is 0 Å². The largest absolute Gasteiger partial charge is 0.309 e. The number of rotatable bonds is 13. The summed E-state index contributed by atoms with van der Waals surface area (Å²) in [5, 5.41) is 4.87. The lowest BCUT2D eigenvalue weighted by molar-refractivity contribution is 1.07. The Kier molecular flexibility index (Phi) is 16.5. The van der Waals surface area contributed by atoms with Crippen molar-refractivity contribution in [1.29, 1.82) is 0 Å². The molecule has 4 heterocycles. The average molecular weight is 1330 g/mol. The molecule has 0 saturated heterocycles. The standard InChI is InChI=1S/C51H34N4.C45H30N4/c1-4-14-35(15-5-1)37-26-30-39(31-27-37)49-52-50(40-32-28-38(29-33-40)36-16-6-2-7-17-36)54-51(53-49)42-19-12-18-41(34-42)44-23-13-25-47-48(44)45-22-10-11-24-46(45)55(47)43-20-8-3-9-21-43;1-4-14-31(15-5-1)32-26-28-34(29-27-32)44-46-43(33-16-6-2-7-17-33)47-45(48-44)36-19-12-18-35(30-36)38-23-13-25-41-42(38)39-22-10-11-24-40(39)49(41)37-20-8-3-9-21-37/h1-34H;1-30H. The molecule has 19 rings (SSSR count). The van der Waals surface area contributed by atoms with Crippen molar-refractivity contribution < 1.29 is 0 Å². The van der Waals surface area contributed by atoms with Gasteiger partial charge < -0.3 is 9.13 Å². The molecule has 19 aromatic rings. The van der Waals surface area contributed by atoms with Crippen LogP contribution in [-0.2, 0) is 0 Å². The number of hydrogen-bond donors (Lipinski definition) is 0. The molecule has 4 aromatic heterocycles. The summed E-state index contributed by atoms with van der Waals surface area (Å²) in [4.78, 5) is 30.4. The van der Waals surface area contributed by atoms with Crippen LogP contribution >= 0.6 is 0 Å². The molecule has 0 radical (unpaired) electrons. The van der Waals surface area contributed by atoms with E-state index in [2.05, 4.69) is 349 Å². The van der Waals surface area contributed by atoms with Gasteiger partial charge >= 0.3 is 0 Å². The fourth-order valence-corrected chi connectivity index (χ4v) is 14.3. The molecule has 0 N–H and O–H groups in total. The van der Waals surface area contributed by atoms with Gasteiger partial charge in [0.2, 0.25) is 0 Å². The van der Waals surface area contributed by atoms with Gasteiger partial charge in [-0.2, -0.15) is 0 Å². The molecule has 0 aliphatic rings. The van der Waals surface area contributed by atoms with Crippen LogP contribution < -0.4 is 0 Å². The summed E-state index contributed by atoms with van der Waals surface area (Å²) in [7, 11) is 0. The highest BCUT2D eigenvalue weighted by Gasteiger charge is 2.21. The zero-order chi connectivity index (χ0) is 69.1. The predicted molar refractivity (Wildman–Crippen MR) is 428 cm³/mol. The van der Waals surface area contributed by atoms with Crippen molar-refractivity contribution in [3.8, 4) is 135 Å². The molecular weight excluding hydrogens is 1270 g/mol. The maximum Gasteiger partial charge on any atom is 0.164 e. The number of fused-ring (bicyclic) bond motifs is 6. The first-order valence-corrected chi connectivity index (χ1v) is 35.0. The summed E-state index contributed by atoms with van der Waals surface area (Å²) in [5.74, 6) is 3.81. The Balaban J connectivity index is 0.000000149. The number of nitrogens with zero attached hydrogens (tertiary/aromatic N) is 8. The lowest BCUT2D eigenvalue weighted by Crippen LogP contribution is -2.00. The molecule has 0 atom stereocenters. The second-order valence-corrected chi connectivity index (χ2v) is 25.7. The molecule has 0 spiro atoms. The molecule has 0 unspecified atom stereocenters. The van der Waals surface area contributed by atoms with Crippen molar-refractivity contribution in [3.63, 3.8) is 0 Å². The van der Waals surface area contributed by atoms with E-state index in [0.717, 1.165) is 83.7 Å². The van der Waals surface area contributed by atoms with E-state index in [1.165, 1.54) is 60.3 Å². The molecule has 0 saturated carbocycles. The average Bonchev–Trinajstić information content (AvgIpc) is 1.59. The Hall–Kier alpha value is -14.1. The molecule has 8 heteroatoms. The number of hydrogen-bond acceptors (Lipinski definition) is 6. The summed E-state index contributed by atoms with van der Waals surface area (Å²) in [6, 6.07) is 136. The quantitative estimate of drug-likeness (QED) is 0.114. The fourth-order valence-electron chi connectivity index (χ4n) is 14.3. The van der Waals surface area contributed by atoms with Crippen LogP contribution in [0, 0.1) is 0 Å².